The van der Waals surface area contributed by atoms with Crippen molar-refractivity contribution in [3.05, 3.63) is 0 Å². The van der Waals surface area contributed by atoms with Gasteiger partial charge in [-0.1, -0.05) is 6.92 Å². The lowest BCUT2D eigenvalue weighted by molar-refractivity contribution is 0.120. The molecule has 0 bridgehead atoms. The number of nitrogens with one attached hydrogen (secondary N) is 2. The molecule has 20 heavy (non-hydrogen) atoms. The van der Waals surface area contributed by atoms with Crippen LogP contribution in [0.1, 0.15) is 33.6 Å². The first-order valence-corrected chi connectivity index (χ1v) is 8.48. The van der Waals surface area contributed by atoms with E-state index in [9.17, 15) is 13.2 Å². The lowest BCUT2D eigenvalue weighted by atomic mass is 10.00. The molecule has 0 spiro atoms. The molecule has 0 aromatic carbocycles. The van der Waals surface area contributed by atoms with Gasteiger partial charge in [-0.2, -0.15) is 12.7 Å². The average molecular weight is 307 g/mol. The van der Waals surface area contributed by atoms with E-state index in [2.05, 4.69) is 5.32 Å². The zero-order valence-corrected chi connectivity index (χ0v) is 13.2. The third-order valence-corrected chi connectivity index (χ3v) is 4.50. The highest BCUT2D eigenvalue weighted by Gasteiger charge is 2.30. The number of nitrogens with zero attached hydrogens (tertiary/aromatic N) is 1. The van der Waals surface area contributed by atoms with Crippen molar-refractivity contribution < 1.29 is 17.9 Å². The molecule has 0 aromatic heterocycles. The SMILES string of the molecule is CCNCC1CCCN(S(=O)(=O)NC(=O)OC(C)C)C1. The first-order chi connectivity index (χ1) is 9.35. The van der Waals surface area contributed by atoms with Gasteiger partial charge in [-0.05, 0) is 45.7 Å². The Balaban J connectivity index is 2.55. The van der Waals surface area contributed by atoms with Gasteiger partial charge in [0.15, 0.2) is 0 Å². The number of ether oxygens (including phenoxy) is 1. The quantitative estimate of drug-likeness (QED) is 0.754. The second-order valence-corrected chi connectivity index (χ2v) is 6.91. The maximum atomic E-state index is 12.1. The largest absolute Gasteiger partial charge is 0.446 e. The van der Waals surface area contributed by atoms with E-state index >= 15 is 0 Å². The summed E-state index contributed by atoms with van der Waals surface area (Å²) in [6.45, 7) is 7.87. The van der Waals surface area contributed by atoms with Crippen LogP contribution >= 0.6 is 0 Å². The average Bonchev–Trinajstić information content (AvgIpc) is 2.35. The molecule has 0 aliphatic carbocycles. The van der Waals surface area contributed by atoms with E-state index in [4.69, 9.17) is 4.74 Å². The molecule has 1 fully saturated rings. The number of piperidine rings is 1. The van der Waals surface area contributed by atoms with Gasteiger partial charge in [-0.3, -0.25) is 0 Å². The predicted octanol–water partition coefficient (Wildman–Crippen LogP) is 0.687. The van der Waals surface area contributed by atoms with Crippen LogP contribution < -0.4 is 10.0 Å². The summed E-state index contributed by atoms with van der Waals surface area (Å²) in [6, 6.07) is 0. The second-order valence-electron chi connectivity index (χ2n) is 5.24. The fourth-order valence-corrected chi connectivity index (χ4v) is 3.33. The molecule has 1 aliphatic rings. The molecule has 1 unspecified atom stereocenters. The van der Waals surface area contributed by atoms with Gasteiger partial charge in [0.05, 0.1) is 6.10 Å². The second kappa shape index (κ2) is 7.80. The van der Waals surface area contributed by atoms with E-state index in [-0.39, 0.29) is 12.0 Å². The Morgan fingerprint density at radius 2 is 2.15 bits per heavy atom. The highest BCUT2D eigenvalue weighted by Crippen LogP contribution is 2.18. The standard InChI is InChI=1S/C12H25N3O4S/c1-4-13-8-11-6-5-7-15(9-11)20(17,18)14-12(16)19-10(2)3/h10-11,13H,4-9H2,1-3H3,(H,14,16). The summed E-state index contributed by atoms with van der Waals surface area (Å²) >= 11 is 0. The zero-order chi connectivity index (χ0) is 15.2. The smallest absolute Gasteiger partial charge is 0.422 e. The Kier molecular flexibility index (Phi) is 6.70. The van der Waals surface area contributed by atoms with Crippen molar-refractivity contribution in [3.63, 3.8) is 0 Å². The van der Waals surface area contributed by atoms with E-state index < -0.39 is 16.3 Å². The van der Waals surface area contributed by atoms with Gasteiger partial charge in [0, 0.05) is 13.1 Å². The van der Waals surface area contributed by atoms with Crippen LogP contribution in [0.15, 0.2) is 0 Å². The monoisotopic (exact) mass is 307 g/mol. The topological polar surface area (TPSA) is 87.7 Å². The minimum absolute atomic E-state index is 0.279. The lowest BCUT2D eigenvalue weighted by Crippen LogP contribution is -2.49. The summed E-state index contributed by atoms with van der Waals surface area (Å²) < 4.78 is 32.3. The molecule has 7 nitrogen and oxygen atoms in total. The molecule has 1 heterocycles. The Hall–Kier alpha value is -0.860. The summed E-state index contributed by atoms with van der Waals surface area (Å²) in [6.07, 6.45) is 0.521. The van der Waals surface area contributed by atoms with Gasteiger partial charge in [0.25, 0.3) is 0 Å². The van der Waals surface area contributed by atoms with Crippen LogP contribution in [0.2, 0.25) is 0 Å². The van der Waals surface area contributed by atoms with Gasteiger partial charge in [0.2, 0.25) is 0 Å². The minimum Gasteiger partial charge on any atom is -0.446 e. The third-order valence-electron chi connectivity index (χ3n) is 3.06. The normalized spacial score (nSPS) is 20.9. The molecule has 1 atom stereocenters. The number of hydrogen-bond donors (Lipinski definition) is 2. The molecule has 118 valence electrons. The maximum absolute atomic E-state index is 12.1. The van der Waals surface area contributed by atoms with Crippen LogP contribution in [0.3, 0.4) is 0 Å². The molecule has 8 heteroatoms. The number of amides is 1. The molecule has 2 N–H and O–H groups in total. The Bertz CT molecular complexity index is 411. The Labute approximate surface area is 121 Å². The highest BCUT2D eigenvalue weighted by molar-refractivity contribution is 7.87. The van der Waals surface area contributed by atoms with Crippen molar-refractivity contribution >= 4 is 16.3 Å². The van der Waals surface area contributed by atoms with Gasteiger partial charge >= 0.3 is 16.3 Å². The third kappa shape index (κ3) is 5.64. The van der Waals surface area contributed by atoms with Crippen LogP contribution in [0, 0.1) is 5.92 Å². The summed E-state index contributed by atoms with van der Waals surface area (Å²) in [4.78, 5) is 11.4. The van der Waals surface area contributed by atoms with E-state index in [0.29, 0.717) is 13.1 Å². The number of hydrogen-bond acceptors (Lipinski definition) is 5. The van der Waals surface area contributed by atoms with Crippen molar-refractivity contribution in [2.45, 2.75) is 39.7 Å². The van der Waals surface area contributed by atoms with Gasteiger partial charge in [-0.15, -0.1) is 0 Å². The summed E-state index contributed by atoms with van der Waals surface area (Å²) in [5.74, 6) is 0.279. The van der Waals surface area contributed by atoms with Gasteiger partial charge in [-0.25, -0.2) is 9.52 Å². The van der Waals surface area contributed by atoms with Crippen LogP contribution in [0.4, 0.5) is 4.79 Å². The molecular weight excluding hydrogens is 282 g/mol. The number of carbonyl (C=O) groups is 1. The summed E-state index contributed by atoms with van der Waals surface area (Å²) in [5, 5.41) is 3.22. The van der Waals surface area contributed by atoms with Crippen molar-refractivity contribution in [2.24, 2.45) is 5.92 Å². The van der Waals surface area contributed by atoms with Gasteiger partial charge in [0.1, 0.15) is 0 Å². The van der Waals surface area contributed by atoms with E-state index in [1.807, 2.05) is 11.6 Å². The van der Waals surface area contributed by atoms with Crippen molar-refractivity contribution in [3.8, 4) is 0 Å². The first-order valence-electron chi connectivity index (χ1n) is 7.04. The van der Waals surface area contributed by atoms with E-state index in [1.165, 1.54) is 4.31 Å². The van der Waals surface area contributed by atoms with Gasteiger partial charge < -0.3 is 10.1 Å². The van der Waals surface area contributed by atoms with Crippen LogP contribution in [-0.2, 0) is 14.9 Å². The predicted molar refractivity (Wildman–Crippen MR) is 76.5 cm³/mol. The zero-order valence-electron chi connectivity index (χ0n) is 12.4. The summed E-state index contributed by atoms with van der Waals surface area (Å²) in [5.41, 5.74) is 0. The molecule has 1 rings (SSSR count). The van der Waals surface area contributed by atoms with E-state index in [1.54, 1.807) is 13.8 Å². The molecule has 1 aliphatic heterocycles. The molecule has 1 amide bonds. The van der Waals surface area contributed by atoms with Crippen LogP contribution in [-0.4, -0.2) is 51.1 Å². The fraction of sp³-hybridized carbons (Fsp3) is 0.917. The minimum atomic E-state index is -3.81. The molecular formula is C12H25N3O4S. The van der Waals surface area contributed by atoms with E-state index in [0.717, 1.165) is 25.9 Å². The summed E-state index contributed by atoms with van der Waals surface area (Å²) in [7, 11) is -3.81. The number of rotatable bonds is 6. The first kappa shape index (κ1) is 17.2. The lowest BCUT2D eigenvalue weighted by Gasteiger charge is -2.31. The fourth-order valence-electron chi connectivity index (χ4n) is 2.17. The number of carbonyl (C=O) groups excluding carboxylic acids is 1. The molecule has 0 saturated carbocycles. The van der Waals surface area contributed by atoms with Crippen LogP contribution in [0.25, 0.3) is 0 Å². The Morgan fingerprint density at radius 1 is 1.45 bits per heavy atom. The van der Waals surface area contributed by atoms with Crippen LogP contribution in [0.5, 0.6) is 0 Å². The van der Waals surface area contributed by atoms with Crippen molar-refractivity contribution in [1.82, 2.24) is 14.3 Å². The molecule has 0 aromatic rings. The maximum Gasteiger partial charge on any atom is 0.422 e. The molecule has 1 saturated heterocycles. The van der Waals surface area contributed by atoms with Crippen molar-refractivity contribution in [2.75, 3.05) is 26.2 Å². The highest BCUT2D eigenvalue weighted by atomic mass is 32.2. The Morgan fingerprint density at radius 3 is 2.75 bits per heavy atom. The molecule has 0 radical (unpaired) electrons. The van der Waals surface area contributed by atoms with Crippen molar-refractivity contribution in [1.29, 1.82) is 0 Å².